The second kappa shape index (κ2) is 6.97. The first kappa shape index (κ1) is 17.0. The number of nitrogens with zero attached hydrogens (tertiary/aromatic N) is 3. The summed E-state index contributed by atoms with van der Waals surface area (Å²) in [6.07, 6.45) is 5.80. The van der Waals surface area contributed by atoms with Gasteiger partial charge in [-0.3, -0.25) is 0 Å². The number of hydrogen-bond acceptors (Lipinski definition) is 3. The van der Waals surface area contributed by atoms with E-state index in [1.165, 1.54) is 10.6 Å². The molecular formula is C18H26N4OS. The van der Waals surface area contributed by atoms with Crippen LogP contribution in [0.4, 0.5) is 4.79 Å². The van der Waals surface area contributed by atoms with E-state index in [1.807, 2.05) is 24.5 Å². The molecule has 2 aromatic heterocycles. The molecule has 0 atom stereocenters. The molecule has 0 saturated carbocycles. The number of imidazole rings is 1. The second-order valence-corrected chi connectivity index (χ2v) is 8.16. The molecule has 0 radical (unpaired) electrons. The molecule has 24 heavy (non-hydrogen) atoms. The minimum atomic E-state index is -0.0309. The van der Waals surface area contributed by atoms with Crippen molar-refractivity contribution in [3.05, 3.63) is 40.6 Å². The molecule has 1 N–H and O–H groups in total. The van der Waals surface area contributed by atoms with E-state index in [2.05, 4.69) is 46.2 Å². The van der Waals surface area contributed by atoms with Crippen LogP contribution in [0.3, 0.4) is 0 Å². The largest absolute Gasteiger partial charge is 0.337 e. The number of carbonyl (C=O) groups is 1. The van der Waals surface area contributed by atoms with E-state index in [0.29, 0.717) is 12.5 Å². The minimum absolute atomic E-state index is 0.0309. The van der Waals surface area contributed by atoms with Crippen molar-refractivity contribution in [3.8, 4) is 0 Å². The van der Waals surface area contributed by atoms with Crippen LogP contribution >= 0.6 is 11.3 Å². The van der Waals surface area contributed by atoms with E-state index in [4.69, 9.17) is 0 Å². The minimum Gasteiger partial charge on any atom is -0.337 e. The molecule has 1 saturated heterocycles. The van der Waals surface area contributed by atoms with Crippen molar-refractivity contribution in [2.45, 2.75) is 38.0 Å². The molecule has 0 bridgehead atoms. The summed E-state index contributed by atoms with van der Waals surface area (Å²) in [4.78, 5) is 19.9. The Labute approximate surface area is 147 Å². The Morgan fingerprint density at radius 3 is 2.75 bits per heavy atom. The lowest BCUT2D eigenvalue weighted by Crippen LogP contribution is -2.47. The van der Waals surface area contributed by atoms with Gasteiger partial charge >= 0.3 is 6.03 Å². The SMILES string of the molecule is Cn1cncc1C1CCN(C(=O)NCC(C)(C)c2cccs2)CC1. The Bertz CT molecular complexity index is 669. The smallest absolute Gasteiger partial charge is 0.317 e. The van der Waals surface area contributed by atoms with Crippen LogP contribution in [0.1, 0.15) is 43.2 Å². The summed E-state index contributed by atoms with van der Waals surface area (Å²) in [5, 5.41) is 5.20. The van der Waals surface area contributed by atoms with Gasteiger partial charge in [0.1, 0.15) is 0 Å². The summed E-state index contributed by atoms with van der Waals surface area (Å²) in [5.41, 5.74) is 1.24. The second-order valence-electron chi connectivity index (χ2n) is 7.21. The standard InChI is InChI=1S/C18H26N4OS/c1-18(2,16-5-4-10-24-16)12-20-17(23)22-8-6-14(7-9-22)15-11-19-13-21(15)3/h4-5,10-11,13-14H,6-9,12H2,1-3H3,(H,20,23). The summed E-state index contributed by atoms with van der Waals surface area (Å²) >= 11 is 1.74. The van der Waals surface area contributed by atoms with Crippen LogP contribution in [0.15, 0.2) is 30.0 Å². The molecule has 1 aliphatic rings. The Balaban J connectivity index is 1.50. The van der Waals surface area contributed by atoms with Gasteiger partial charge in [-0.2, -0.15) is 0 Å². The highest BCUT2D eigenvalue weighted by Crippen LogP contribution is 2.28. The van der Waals surface area contributed by atoms with E-state index in [9.17, 15) is 4.79 Å². The van der Waals surface area contributed by atoms with E-state index in [-0.39, 0.29) is 11.4 Å². The van der Waals surface area contributed by atoms with Crippen LogP contribution in [-0.4, -0.2) is 40.1 Å². The number of hydrogen-bond donors (Lipinski definition) is 1. The van der Waals surface area contributed by atoms with E-state index in [1.54, 1.807) is 11.3 Å². The fourth-order valence-corrected chi connectivity index (χ4v) is 4.15. The molecule has 1 aliphatic heterocycles. The molecule has 3 heterocycles. The third kappa shape index (κ3) is 3.64. The van der Waals surface area contributed by atoms with E-state index >= 15 is 0 Å². The summed E-state index contributed by atoms with van der Waals surface area (Å²) < 4.78 is 2.09. The molecule has 2 aromatic rings. The first-order valence-corrected chi connectivity index (χ1v) is 9.38. The van der Waals surface area contributed by atoms with Crippen LogP contribution in [0, 0.1) is 0 Å². The molecule has 0 spiro atoms. The van der Waals surface area contributed by atoms with Gasteiger partial charge in [0.05, 0.1) is 6.33 Å². The van der Waals surface area contributed by atoms with Crippen LogP contribution < -0.4 is 5.32 Å². The van der Waals surface area contributed by atoms with Crippen molar-refractivity contribution < 1.29 is 4.79 Å². The van der Waals surface area contributed by atoms with Gasteiger partial charge in [-0.25, -0.2) is 9.78 Å². The first-order valence-electron chi connectivity index (χ1n) is 8.50. The van der Waals surface area contributed by atoms with Gasteiger partial charge in [0.2, 0.25) is 0 Å². The Morgan fingerprint density at radius 1 is 1.42 bits per heavy atom. The maximum Gasteiger partial charge on any atom is 0.317 e. The number of amides is 2. The van der Waals surface area contributed by atoms with E-state index in [0.717, 1.165) is 25.9 Å². The molecule has 5 nitrogen and oxygen atoms in total. The van der Waals surface area contributed by atoms with Crippen molar-refractivity contribution in [2.24, 2.45) is 7.05 Å². The Kier molecular flexibility index (Phi) is 4.94. The summed E-state index contributed by atoms with van der Waals surface area (Å²) in [6.45, 7) is 6.62. The van der Waals surface area contributed by atoms with Crippen molar-refractivity contribution in [1.82, 2.24) is 19.8 Å². The highest BCUT2D eigenvalue weighted by atomic mass is 32.1. The van der Waals surface area contributed by atoms with Crippen molar-refractivity contribution in [2.75, 3.05) is 19.6 Å². The molecule has 6 heteroatoms. The van der Waals surface area contributed by atoms with Crippen molar-refractivity contribution >= 4 is 17.4 Å². The predicted octanol–water partition coefficient (Wildman–Crippen LogP) is 3.35. The number of urea groups is 1. The number of thiophene rings is 1. The number of aromatic nitrogens is 2. The van der Waals surface area contributed by atoms with Crippen molar-refractivity contribution in [3.63, 3.8) is 0 Å². The highest BCUT2D eigenvalue weighted by Gasteiger charge is 2.27. The number of nitrogens with one attached hydrogen (secondary N) is 1. The maximum absolute atomic E-state index is 12.5. The van der Waals surface area contributed by atoms with Gasteiger partial charge in [0, 0.05) is 54.8 Å². The average molecular weight is 347 g/mol. The zero-order valence-electron chi connectivity index (χ0n) is 14.7. The number of carbonyl (C=O) groups excluding carboxylic acids is 1. The molecule has 0 unspecified atom stereocenters. The van der Waals surface area contributed by atoms with Crippen LogP contribution in [0.25, 0.3) is 0 Å². The quantitative estimate of drug-likeness (QED) is 0.923. The van der Waals surface area contributed by atoms with Gasteiger partial charge in [-0.1, -0.05) is 19.9 Å². The highest BCUT2D eigenvalue weighted by molar-refractivity contribution is 7.10. The molecule has 2 amide bonds. The summed E-state index contributed by atoms with van der Waals surface area (Å²) in [6, 6.07) is 4.26. The maximum atomic E-state index is 12.5. The number of aryl methyl sites for hydroxylation is 1. The normalized spacial score (nSPS) is 16.4. The Morgan fingerprint density at radius 2 is 2.17 bits per heavy atom. The zero-order chi connectivity index (χ0) is 17.2. The number of likely N-dealkylation sites (tertiary alicyclic amines) is 1. The predicted molar refractivity (Wildman–Crippen MR) is 97.5 cm³/mol. The van der Waals surface area contributed by atoms with E-state index < -0.39 is 0 Å². The lowest BCUT2D eigenvalue weighted by Gasteiger charge is -2.33. The molecule has 3 rings (SSSR count). The zero-order valence-corrected chi connectivity index (χ0v) is 15.5. The molecule has 130 valence electrons. The van der Waals surface area contributed by atoms with Crippen LogP contribution in [-0.2, 0) is 12.5 Å². The van der Waals surface area contributed by atoms with Gasteiger partial charge < -0.3 is 14.8 Å². The lowest BCUT2D eigenvalue weighted by atomic mass is 9.91. The molecule has 0 aromatic carbocycles. The summed E-state index contributed by atoms with van der Waals surface area (Å²) in [7, 11) is 2.04. The lowest BCUT2D eigenvalue weighted by molar-refractivity contribution is 0.178. The fourth-order valence-electron chi connectivity index (χ4n) is 3.30. The number of rotatable bonds is 4. The number of piperidine rings is 1. The molecular weight excluding hydrogens is 320 g/mol. The van der Waals surface area contributed by atoms with Crippen molar-refractivity contribution in [1.29, 1.82) is 0 Å². The van der Waals surface area contributed by atoms with Gasteiger partial charge in [-0.15, -0.1) is 11.3 Å². The third-order valence-corrected chi connectivity index (χ3v) is 6.16. The summed E-state index contributed by atoms with van der Waals surface area (Å²) in [5.74, 6) is 0.504. The fraction of sp³-hybridized carbons (Fsp3) is 0.556. The topological polar surface area (TPSA) is 50.2 Å². The van der Waals surface area contributed by atoms with Gasteiger partial charge in [-0.05, 0) is 24.3 Å². The third-order valence-electron chi connectivity index (χ3n) is 4.92. The monoisotopic (exact) mass is 346 g/mol. The van der Waals surface area contributed by atoms with Crippen LogP contribution in [0.2, 0.25) is 0 Å². The average Bonchev–Trinajstić information content (AvgIpc) is 3.25. The molecule has 1 fully saturated rings. The first-order chi connectivity index (χ1) is 11.5. The van der Waals surface area contributed by atoms with Gasteiger partial charge in [0.15, 0.2) is 0 Å². The Hall–Kier alpha value is -1.82. The molecule has 0 aliphatic carbocycles. The van der Waals surface area contributed by atoms with Gasteiger partial charge in [0.25, 0.3) is 0 Å². The van der Waals surface area contributed by atoms with Crippen LogP contribution in [0.5, 0.6) is 0 Å².